The molecule has 1 atom stereocenters. The molecule has 152 valence electrons. The van der Waals surface area contributed by atoms with Crippen molar-refractivity contribution in [3.05, 3.63) is 36.0 Å². The van der Waals surface area contributed by atoms with Gasteiger partial charge in [-0.3, -0.25) is 14.5 Å². The fourth-order valence-corrected chi connectivity index (χ4v) is 3.92. The van der Waals surface area contributed by atoms with E-state index in [4.69, 9.17) is 0 Å². The van der Waals surface area contributed by atoms with Crippen LogP contribution in [0.25, 0.3) is 10.9 Å². The van der Waals surface area contributed by atoms with E-state index in [0.717, 1.165) is 37.9 Å². The Morgan fingerprint density at radius 2 is 1.89 bits per heavy atom. The third kappa shape index (κ3) is 4.93. The number of nitrogens with zero attached hydrogens (tertiary/aromatic N) is 1. The van der Waals surface area contributed by atoms with E-state index in [1.54, 1.807) is 0 Å². The first-order valence-corrected chi connectivity index (χ1v) is 10.3. The Balaban J connectivity index is 1.43. The molecule has 6 heteroatoms. The maximum atomic E-state index is 12.6. The van der Waals surface area contributed by atoms with Crippen molar-refractivity contribution in [2.75, 3.05) is 19.6 Å². The largest absolute Gasteiger partial charge is 0.361 e. The normalized spacial score (nSPS) is 17.0. The third-order valence-corrected chi connectivity index (χ3v) is 5.63. The zero-order chi connectivity index (χ0) is 20.1. The Bertz CT molecular complexity index is 806. The monoisotopic (exact) mass is 384 g/mol. The van der Waals surface area contributed by atoms with Crippen molar-refractivity contribution < 1.29 is 9.59 Å². The van der Waals surface area contributed by atoms with Crippen LogP contribution in [0.3, 0.4) is 0 Å². The van der Waals surface area contributed by atoms with Gasteiger partial charge < -0.3 is 15.6 Å². The van der Waals surface area contributed by atoms with Crippen LogP contribution in [0.4, 0.5) is 0 Å². The number of rotatable bonds is 7. The van der Waals surface area contributed by atoms with Gasteiger partial charge in [-0.15, -0.1) is 0 Å². The number of hydrogen-bond donors (Lipinski definition) is 3. The number of benzene rings is 1. The zero-order valence-electron chi connectivity index (χ0n) is 17.1. The molecule has 3 N–H and O–H groups in total. The van der Waals surface area contributed by atoms with Crippen LogP contribution in [0, 0.1) is 5.92 Å². The summed E-state index contributed by atoms with van der Waals surface area (Å²) in [6.45, 7) is 8.11. The standard InChI is InChI=1S/C22H32N4O2/c1-15(2)25-22(28)17-9-12-26(13-10-17)16(3)21(27)23-11-8-18-14-24-20-7-5-4-6-19(18)20/h4-7,14-17,24H,8-13H2,1-3H3,(H,23,27)(H,25,28). The fourth-order valence-electron chi connectivity index (χ4n) is 3.92. The predicted molar refractivity (Wildman–Crippen MR) is 112 cm³/mol. The van der Waals surface area contributed by atoms with Crippen LogP contribution in [0.15, 0.2) is 30.5 Å². The van der Waals surface area contributed by atoms with Crippen molar-refractivity contribution in [1.82, 2.24) is 20.5 Å². The Kier molecular flexibility index (Phi) is 6.73. The zero-order valence-corrected chi connectivity index (χ0v) is 17.1. The molecule has 0 saturated carbocycles. The lowest BCUT2D eigenvalue weighted by atomic mass is 9.94. The minimum Gasteiger partial charge on any atom is -0.361 e. The molecule has 1 unspecified atom stereocenters. The number of amides is 2. The molecule has 1 saturated heterocycles. The number of aromatic nitrogens is 1. The summed E-state index contributed by atoms with van der Waals surface area (Å²) in [7, 11) is 0. The number of para-hydroxylation sites is 1. The molecule has 2 aromatic rings. The average molecular weight is 385 g/mol. The van der Waals surface area contributed by atoms with E-state index >= 15 is 0 Å². The highest BCUT2D eigenvalue weighted by molar-refractivity contribution is 5.84. The van der Waals surface area contributed by atoms with Crippen molar-refractivity contribution in [1.29, 1.82) is 0 Å². The molecule has 1 aliphatic rings. The summed E-state index contributed by atoms with van der Waals surface area (Å²) in [5.74, 6) is 0.270. The van der Waals surface area contributed by atoms with Crippen LogP contribution in [0.2, 0.25) is 0 Å². The van der Waals surface area contributed by atoms with Crippen molar-refractivity contribution in [3.8, 4) is 0 Å². The van der Waals surface area contributed by atoms with E-state index < -0.39 is 0 Å². The van der Waals surface area contributed by atoms with Gasteiger partial charge in [-0.05, 0) is 64.8 Å². The van der Waals surface area contributed by atoms with Gasteiger partial charge >= 0.3 is 0 Å². The van der Waals surface area contributed by atoms with Crippen LogP contribution in [0.5, 0.6) is 0 Å². The van der Waals surface area contributed by atoms with Gasteiger partial charge in [0.2, 0.25) is 11.8 Å². The molecule has 0 spiro atoms. The molecule has 1 fully saturated rings. The van der Waals surface area contributed by atoms with Crippen LogP contribution >= 0.6 is 0 Å². The number of H-pyrrole nitrogens is 1. The first-order valence-electron chi connectivity index (χ1n) is 10.3. The SMILES string of the molecule is CC(C)NC(=O)C1CCN(C(C)C(=O)NCCc2c[nH]c3ccccc23)CC1. The first-order chi connectivity index (χ1) is 13.5. The van der Waals surface area contributed by atoms with Crippen molar-refractivity contribution >= 4 is 22.7 Å². The number of nitrogens with one attached hydrogen (secondary N) is 3. The number of piperidine rings is 1. The minimum atomic E-state index is -0.169. The maximum absolute atomic E-state index is 12.6. The molecule has 1 aromatic carbocycles. The lowest BCUT2D eigenvalue weighted by Gasteiger charge is -2.35. The summed E-state index contributed by atoms with van der Waals surface area (Å²) in [4.78, 5) is 30.2. The highest BCUT2D eigenvalue weighted by atomic mass is 16.2. The molecule has 1 aliphatic heterocycles. The van der Waals surface area contributed by atoms with E-state index in [-0.39, 0.29) is 29.8 Å². The van der Waals surface area contributed by atoms with Gasteiger partial charge in [-0.25, -0.2) is 0 Å². The maximum Gasteiger partial charge on any atom is 0.237 e. The summed E-state index contributed by atoms with van der Waals surface area (Å²) in [6.07, 6.45) is 4.45. The second-order valence-electron chi connectivity index (χ2n) is 8.05. The highest BCUT2D eigenvalue weighted by Crippen LogP contribution is 2.20. The van der Waals surface area contributed by atoms with Gasteiger partial charge in [0, 0.05) is 35.6 Å². The van der Waals surface area contributed by atoms with E-state index in [9.17, 15) is 9.59 Å². The van der Waals surface area contributed by atoms with Gasteiger partial charge in [0.05, 0.1) is 6.04 Å². The minimum absolute atomic E-state index is 0.0601. The molecule has 0 aliphatic carbocycles. The quantitative estimate of drug-likeness (QED) is 0.686. The smallest absolute Gasteiger partial charge is 0.237 e. The molecule has 0 radical (unpaired) electrons. The van der Waals surface area contributed by atoms with Gasteiger partial charge in [0.15, 0.2) is 0 Å². The average Bonchev–Trinajstić information content (AvgIpc) is 3.10. The summed E-state index contributed by atoms with van der Waals surface area (Å²) in [5.41, 5.74) is 2.35. The van der Waals surface area contributed by atoms with Gasteiger partial charge in [-0.1, -0.05) is 18.2 Å². The number of fused-ring (bicyclic) bond motifs is 1. The van der Waals surface area contributed by atoms with E-state index in [1.165, 1.54) is 10.9 Å². The lowest BCUT2D eigenvalue weighted by Crippen LogP contribution is -2.50. The number of likely N-dealkylation sites (tertiary alicyclic amines) is 1. The molecule has 0 bridgehead atoms. The molecule has 2 amide bonds. The number of carbonyl (C=O) groups is 2. The summed E-state index contributed by atoms with van der Waals surface area (Å²) in [6, 6.07) is 8.22. The second-order valence-corrected chi connectivity index (χ2v) is 8.05. The molecule has 1 aromatic heterocycles. The second kappa shape index (κ2) is 9.24. The van der Waals surface area contributed by atoms with Crippen molar-refractivity contribution in [2.45, 2.75) is 52.1 Å². The van der Waals surface area contributed by atoms with Crippen molar-refractivity contribution in [3.63, 3.8) is 0 Å². The Labute approximate surface area is 167 Å². The molecular weight excluding hydrogens is 352 g/mol. The Morgan fingerprint density at radius 1 is 1.18 bits per heavy atom. The summed E-state index contributed by atoms with van der Waals surface area (Å²) >= 11 is 0. The van der Waals surface area contributed by atoms with Gasteiger partial charge in [0.1, 0.15) is 0 Å². The Hall–Kier alpha value is -2.34. The molecule has 2 heterocycles. The molecule has 28 heavy (non-hydrogen) atoms. The molecule has 3 rings (SSSR count). The molecular formula is C22H32N4O2. The summed E-state index contributed by atoms with van der Waals surface area (Å²) < 4.78 is 0. The van der Waals surface area contributed by atoms with E-state index in [0.29, 0.717) is 6.54 Å². The van der Waals surface area contributed by atoms with Crippen LogP contribution in [-0.2, 0) is 16.0 Å². The van der Waals surface area contributed by atoms with Crippen LogP contribution < -0.4 is 10.6 Å². The fraction of sp³-hybridized carbons (Fsp3) is 0.545. The summed E-state index contributed by atoms with van der Waals surface area (Å²) in [5, 5.41) is 7.28. The van der Waals surface area contributed by atoms with E-state index in [1.807, 2.05) is 39.1 Å². The third-order valence-electron chi connectivity index (χ3n) is 5.63. The molecule has 6 nitrogen and oxygen atoms in total. The van der Waals surface area contributed by atoms with E-state index in [2.05, 4.69) is 32.7 Å². The first kappa shape index (κ1) is 20.4. The number of aromatic amines is 1. The number of carbonyl (C=O) groups excluding carboxylic acids is 2. The van der Waals surface area contributed by atoms with Gasteiger partial charge in [0.25, 0.3) is 0 Å². The highest BCUT2D eigenvalue weighted by Gasteiger charge is 2.29. The van der Waals surface area contributed by atoms with Crippen molar-refractivity contribution in [2.24, 2.45) is 5.92 Å². The Morgan fingerprint density at radius 3 is 2.61 bits per heavy atom. The topological polar surface area (TPSA) is 77.2 Å². The number of hydrogen-bond acceptors (Lipinski definition) is 3. The van der Waals surface area contributed by atoms with Crippen LogP contribution in [0.1, 0.15) is 39.2 Å². The lowest BCUT2D eigenvalue weighted by molar-refractivity contribution is -0.128. The van der Waals surface area contributed by atoms with Gasteiger partial charge in [-0.2, -0.15) is 0 Å². The predicted octanol–water partition coefficient (Wildman–Crippen LogP) is 2.45. The van der Waals surface area contributed by atoms with Crippen LogP contribution in [-0.4, -0.2) is 53.4 Å².